The van der Waals surface area contributed by atoms with Gasteiger partial charge in [-0.25, -0.2) is 0 Å². The zero-order chi connectivity index (χ0) is 4.99. The molecule has 0 aromatic heterocycles. The predicted molar refractivity (Wildman–Crippen MR) is 34.0 cm³/mol. The molecule has 0 aliphatic carbocycles. The minimum absolute atomic E-state index is 0. The lowest BCUT2D eigenvalue weighted by Gasteiger charge is -1.84. The van der Waals surface area contributed by atoms with Crippen LogP contribution in [-0.4, -0.2) is 11.7 Å². The van der Waals surface area contributed by atoms with Crippen LogP contribution in [-0.2, 0) is 8.98 Å². The van der Waals surface area contributed by atoms with Crippen molar-refractivity contribution in [3.8, 4) is 0 Å². The predicted octanol–water partition coefficient (Wildman–Crippen LogP) is 0.466. The van der Waals surface area contributed by atoms with Crippen LogP contribution in [0.1, 0.15) is 0 Å². The van der Waals surface area contributed by atoms with Crippen molar-refractivity contribution in [3.63, 3.8) is 0 Å². The Kier molecular flexibility index (Phi) is 8.92. The SMILES string of the molecule is N.O=C(CS)OS. The van der Waals surface area contributed by atoms with E-state index in [1.165, 1.54) is 0 Å². The summed E-state index contributed by atoms with van der Waals surface area (Å²) in [7, 11) is 0. The highest BCUT2D eigenvalue weighted by molar-refractivity contribution is 7.81. The number of carbonyl (C=O) groups is 1. The number of hydrogen-bond acceptors (Lipinski definition) is 5. The van der Waals surface area contributed by atoms with Crippen molar-refractivity contribution in [2.24, 2.45) is 0 Å². The van der Waals surface area contributed by atoms with Gasteiger partial charge < -0.3 is 10.3 Å². The Morgan fingerprint density at radius 1 is 1.71 bits per heavy atom. The van der Waals surface area contributed by atoms with Crippen LogP contribution in [0.2, 0.25) is 0 Å². The first-order valence-electron chi connectivity index (χ1n) is 1.26. The standard InChI is InChI=1S/C2H4O2S2.H3N/c3-2(1-5)4-6;/h5-6H,1H2;1H3. The molecule has 0 bridgehead atoms. The van der Waals surface area contributed by atoms with Crippen LogP contribution in [0.5, 0.6) is 0 Å². The first kappa shape index (κ1) is 10.2. The molecule has 0 atom stereocenters. The van der Waals surface area contributed by atoms with E-state index in [-0.39, 0.29) is 11.9 Å². The highest BCUT2D eigenvalue weighted by Gasteiger charge is 1.89. The maximum atomic E-state index is 9.81. The summed E-state index contributed by atoms with van der Waals surface area (Å²) < 4.78 is 3.88. The summed E-state index contributed by atoms with van der Waals surface area (Å²) in [6, 6.07) is 0. The molecule has 0 rings (SSSR count). The Morgan fingerprint density at radius 3 is 2.14 bits per heavy atom. The lowest BCUT2D eigenvalue weighted by molar-refractivity contribution is -0.129. The van der Waals surface area contributed by atoms with Crippen molar-refractivity contribution in [1.29, 1.82) is 0 Å². The van der Waals surface area contributed by atoms with Gasteiger partial charge in [0.2, 0.25) is 0 Å². The van der Waals surface area contributed by atoms with Crippen LogP contribution in [0, 0.1) is 0 Å². The molecule has 0 fully saturated rings. The van der Waals surface area contributed by atoms with Gasteiger partial charge in [0, 0.05) is 12.9 Å². The second-order valence-corrected chi connectivity index (χ2v) is 1.12. The van der Waals surface area contributed by atoms with E-state index in [0.29, 0.717) is 0 Å². The number of rotatable bonds is 1. The summed E-state index contributed by atoms with van der Waals surface area (Å²) in [6.45, 7) is 0. The van der Waals surface area contributed by atoms with E-state index in [0.717, 1.165) is 0 Å². The Morgan fingerprint density at radius 2 is 2.14 bits per heavy atom. The quantitative estimate of drug-likeness (QED) is 0.367. The average molecular weight is 141 g/mol. The van der Waals surface area contributed by atoms with Gasteiger partial charge in [0.25, 0.3) is 0 Å². The van der Waals surface area contributed by atoms with Gasteiger partial charge in [0.1, 0.15) is 0 Å². The van der Waals surface area contributed by atoms with E-state index < -0.39 is 5.97 Å². The molecule has 7 heavy (non-hydrogen) atoms. The first-order chi connectivity index (χ1) is 2.81. The van der Waals surface area contributed by atoms with Gasteiger partial charge in [-0.2, -0.15) is 12.6 Å². The summed E-state index contributed by atoms with van der Waals surface area (Å²) >= 11 is 6.77. The molecule has 0 spiro atoms. The number of hydrogen-bond donors (Lipinski definition) is 3. The molecule has 0 aliphatic heterocycles. The summed E-state index contributed by atoms with van der Waals surface area (Å²) in [5.41, 5.74) is 0. The molecular weight excluding hydrogens is 134 g/mol. The van der Waals surface area contributed by atoms with Gasteiger partial charge in [-0.1, -0.05) is 0 Å². The monoisotopic (exact) mass is 141 g/mol. The minimum Gasteiger partial charge on any atom is -0.394 e. The fraction of sp³-hybridized carbons (Fsp3) is 0.500. The topological polar surface area (TPSA) is 61.3 Å². The smallest absolute Gasteiger partial charge is 0.327 e. The van der Waals surface area contributed by atoms with Gasteiger partial charge in [0.15, 0.2) is 0 Å². The number of carbonyl (C=O) groups excluding carboxylic acids is 1. The molecule has 0 aliphatic rings. The zero-order valence-corrected chi connectivity index (χ0v) is 5.41. The molecule has 0 aromatic carbocycles. The van der Waals surface area contributed by atoms with Gasteiger partial charge in [-0.3, -0.25) is 4.79 Å². The third-order valence-electron chi connectivity index (χ3n) is 0.231. The highest BCUT2D eigenvalue weighted by Crippen LogP contribution is 1.82. The maximum Gasteiger partial charge on any atom is 0.327 e. The zero-order valence-electron chi connectivity index (χ0n) is 3.63. The van der Waals surface area contributed by atoms with Crippen molar-refractivity contribution in [3.05, 3.63) is 0 Å². The van der Waals surface area contributed by atoms with Crippen molar-refractivity contribution in [2.75, 3.05) is 5.75 Å². The second kappa shape index (κ2) is 6.13. The average Bonchev–Trinajstić information content (AvgIpc) is 1.65. The Labute approximate surface area is 53.0 Å². The van der Waals surface area contributed by atoms with Gasteiger partial charge >= 0.3 is 5.97 Å². The second-order valence-electron chi connectivity index (χ2n) is 0.621. The summed E-state index contributed by atoms with van der Waals surface area (Å²) in [5, 5.41) is 0. The van der Waals surface area contributed by atoms with Crippen molar-refractivity contribution in [1.82, 2.24) is 6.15 Å². The summed E-state index contributed by atoms with van der Waals surface area (Å²) in [5.74, 6) is -0.342. The van der Waals surface area contributed by atoms with Gasteiger partial charge in [-0.05, 0) is 0 Å². The van der Waals surface area contributed by atoms with Crippen LogP contribution >= 0.6 is 25.5 Å². The van der Waals surface area contributed by atoms with Crippen molar-refractivity contribution < 1.29 is 8.98 Å². The molecule has 0 heterocycles. The van der Waals surface area contributed by atoms with Crippen LogP contribution in [0.3, 0.4) is 0 Å². The lowest BCUT2D eigenvalue weighted by Crippen LogP contribution is -1.95. The van der Waals surface area contributed by atoms with E-state index in [1.54, 1.807) is 0 Å². The largest absolute Gasteiger partial charge is 0.394 e. The first-order valence-corrected chi connectivity index (χ1v) is 2.26. The van der Waals surface area contributed by atoms with Crippen LogP contribution < -0.4 is 6.15 Å². The van der Waals surface area contributed by atoms with E-state index in [1.807, 2.05) is 0 Å². The van der Waals surface area contributed by atoms with E-state index in [9.17, 15) is 4.79 Å². The molecule has 0 saturated heterocycles. The van der Waals surface area contributed by atoms with Gasteiger partial charge in [0.05, 0.1) is 5.75 Å². The third kappa shape index (κ3) is 6.13. The molecular formula is C2H7NO2S2. The lowest BCUT2D eigenvalue weighted by atomic mass is 10.8. The molecule has 5 heteroatoms. The fourth-order valence-corrected chi connectivity index (χ4v) is 0.260. The molecule has 0 aromatic rings. The van der Waals surface area contributed by atoms with Crippen LogP contribution in [0.25, 0.3) is 0 Å². The molecule has 0 radical (unpaired) electrons. The highest BCUT2D eigenvalue weighted by atomic mass is 32.1. The normalized spacial score (nSPS) is 6.57. The molecule has 44 valence electrons. The number of thiol groups is 2. The molecule has 3 N–H and O–H groups in total. The molecule has 0 unspecified atom stereocenters. The molecule has 0 saturated carbocycles. The van der Waals surface area contributed by atoms with E-state index >= 15 is 0 Å². The van der Waals surface area contributed by atoms with E-state index in [4.69, 9.17) is 0 Å². The maximum absolute atomic E-state index is 9.81. The Bertz CT molecular complexity index is 51.7. The molecule has 3 nitrogen and oxygen atoms in total. The van der Waals surface area contributed by atoms with Crippen molar-refractivity contribution in [2.45, 2.75) is 0 Å². The van der Waals surface area contributed by atoms with Crippen LogP contribution in [0.4, 0.5) is 0 Å². The van der Waals surface area contributed by atoms with Crippen LogP contribution in [0.15, 0.2) is 0 Å². The molecule has 0 amide bonds. The Balaban J connectivity index is 0. The third-order valence-corrected chi connectivity index (χ3v) is 0.693. The van der Waals surface area contributed by atoms with Gasteiger partial charge in [-0.15, -0.1) is 0 Å². The summed E-state index contributed by atoms with van der Waals surface area (Å²) in [6.07, 6.45) is 0. The summed E-state index contributed by atoms with van der Waals surface area (Å²) in [4.78, 5) is 9.81. The van der Waals surface area contributed by atoms with Crippen molar-refractivity contribution >= 4 is 31.5 Å². The fourth-order valence-electron chi connectivity index (χ4n) is 0.0289. The Hall–Kier alpha value is 0.130. The van der Waals surface area contributed by atoms with E-state index in [2.05, 4.69) is 29.7 Å². The minimum atomic E-state index is -0.429.